The fourth-order valence-electron chi connectivity index (χ4n) is 2.89. The number of ketones is 1. The van der Waals surface area contributed by atoms with E-state index in [4.69, 9.17) is 0 Å². The maximum atomic E-state index is 12.6. The number of nitrogens with zero attached hydrogens (tertiary/aromatic N) is 2. The van der Waals surface area contributed by atoms with E-state index in [-0.39, 0.29) is 0 Å². The maximum Gasteiger partial charge on any atom is 0.332 e. The summed E-state index contributed by atoms with van der Waals surface area (Å²) in [5, 5.41) is 0. The van der Waals surface area contributed by atoms with E-state index in [1.54, 1.807) is 6.07 Å². The van der Waals surface area contributed by atoms with Crippen LogP contribution in [0.4, 0.5) is 4.79 Å². The minimum atomic E-state index is -1.44. The lowest BCUT2D eigenvalue weighted by Gasteiger charge is -2.31. The third-order valence-corrected chi connectivity index (χ3v) is 5.48. The van der Waals surface area contributed by atoms with Gasteiger partial charge in [0.2, 0.25) is 0 Å². The van der Waals surface area contributed by atoms with Crippen molar-refractivity contribution in [2.45, 2.75) is 25.7 Å². The summed E-state index contributed by atoms with van der Waals surface area (Å²) < 4.78 is 0. The van der Waals surface area contributed by atoms with Gasteiger partial charge in [0.25, 0.3) is 11.8 Å². The molecule has 2 heterocycles. The normalized spacial score (nSPS) is 19.6. The highest BCUT2D eigenvalue weighted by molar-refractivity contribution is 7.14. The van der Waals surface area contributed by atoms with Gasteiger partial charge in [-0.05, 0) is 37.3 Å². The van der Waals surface area contributed by atoms with E-state index in [0.717, 1.165) is 41.0 Å². The lowest BCUT2D eigenvalue weighted by atomic mass is 9.95. The first-order valence-corrected chi connectivity index (χ1v) is 7.98. The molecule has 1 saturated heterocycles. The van der Waals surface area contributed by atoms with Crippen LogP contribution >= 0.6 is 11.3 Å². The number of fused-ring (bicyclic) bond motifs is 1. The zero-order valence-electron chi connectivity index (χ0n) is 12.4. The summed E-state index contributed by atoms with van der Waals surface area (Å²) in [7, 11) is 2.57. The van der Waals surface area contributed by atoms with Crippen LogP contribution in [-0.2, 0) is 22.4 Å². The molecule has 7 heteroatoms. The van der Waals surface area contributed by atoms with Crippen molar-refractivity contribution in [1.29, 1.82) is 0 Å². The molecular weight excluding hydrogens is 304 g/mol. The van der Waals surface area contributed by atoms with Gasteiger partial charge in [-0.1, -0.05) is 0 Å². The molecule has 1 aromatic heterocycles. The second-order valence-corrected chi connectivity index (χ2v) is 6.78. The van der Waals surface area contributed by atoms with Crippen LogP contribution in [0.1, 0.15) is 33.0 Å². The fourth-order valence-corrected chi connectivity index (χ4v) is 4.11. The molecule has 1 aromatic rings. The van der Waals surface area contributed by atoms with Crippen LogP contribution in [0.3, 0.4) is 0 Å². The molecule has 0 saturated carbocycles. The Labute approximate surface area is 131 Å². The largest absolute Gasteiger partial charge is 0.332 e. The fraction of sp³-hybridized carbons (Fsp3) is 0.467. The lowest BCUT2D eigenvalue weighted by Crippen LogP contribution is -2.58. The van der Waals surface area contributed by atoms with Gasteiger partial charge < -0.3 is 0 Å². The third kappa shape index (κ3) is 2.16. The monoisotopic (exact) mass is 320 g/mol. The van der Waals surface area contributed by atoms with Crippen LogP contribution in [0.15, 0.2) is 6.07 Å². The van der Waals surface area contributed by atoms with Crippen LogP contribution in [0.2, 0.25) is 0 Å². The van der Waals surface area contributed by atoms with Gasteiger partial charge >= 0.3 is 6.03 Å². The number of amides is 4. The van der Waals surface area contributed by atoms with Gasteiger partial charge in [0, 0.05) is 19.0 Å². The predicted octanol–water partition coefficient (Wildman–Crippen LogP) is 1.48. The van der Waals surface area contributed by atoms with E-state index in [0.29, 0.717) is 4.88 Å². The summed E-state index contributed by atoms with van der Waals surface area (Å²) in [5.41, 5.74) is 1.15. The molecule has 0 bridgehead atoms. The molecule has 0 N–H and O–H groups in total. The lowest BCUT2D eigenvalue weighted by molar-refractivity contribution is -0.145. The number of Topliss-reactive ketones (excluding diaryl/α,β-unsaturated/α-hetero) is 1. The number of urea groups is 1. The Morgan fingerprint density at radius 2 is 1.68 bits per heavy atom. The summed E-state index contributed by atoms with van der Waals surface area (Å²) in [4.78, 5) is 52.0. The Hall–Kier alpha value is -2.02. The number of thiophene rings is 1. The molecule has 4 amide bonds. The summed E-state index contributed by atoms with van der Waals surface area (Å²) in [6, 6.07) is 1.10. The number of aryl methyl sites for hydroxylation is 2. The van der Waals surface area contributed by atoms with Gasteiger partial charge in [-0.3, -0.25) is 24.2 Å². The zero-order valence-corrected chi connectivity index (χ0v) is 13.2. The van der Waals surface area contributed by atoms with Crippen molar-refractivity contribution in [2.24, 2.45) is 5.92 Å². The molecule has 1 aliphatic heterocycles. The van der Waals surface area contributed by atoms with Crippen LogP contribution in [-0.4, -0.2) is 47.5 Å². The first-order chi connectivity index (χ1) is 10.4. The van der Waals surface area contributed by atoms with Gasteiger partial charge in [0.05, 0.1) is 4.88 Å². The Kier molecular flexibility index (Phi) is 3.60. The molecule has 1 fully saturated rings. The summed E-state index contributed by atoms with van der Waals surface area (Å²) in [6.45, 7) is 0. The molecule has 6 nitrogen and oxygen atoms in total. The molecule has 1 aliphatic carbocycles. The number of hydrogen-bond donors (Lipinski definition) is 0. The molecule has 22 heavy (non-hydrogen) atoms. The number of carbonyl (C=O) groups is 4. The molecular formula is C15H16N2O4S. The summed E-state index contributed by atoms with van der Waals surface area (Å²) in [5.74, 6) is -3.43. The summed E-state index contributed by atoms with van der Waals surface area (Å²) in [6.07, 6.45) is 4.07. The molecule has 0 radical (unpaired) electrons. The van der Waals surface area contributed by atoms with Gasteiger partial charge in [-0.2, -0.15) is 0 Å². The topological polar surface area (TPSA) is 74.8 Å². The number of rotatable bonds is 2. The van der Waals surface area contributed by atoms with Crippen molar-refractivity contribution in [3.63, 3.8) is 0 Å². The van der Waals surface area contributed by atoms with E-state index in [9.17, 15) is 19.2 Å². The maximum absolute atomic E-state index is 12.6. The van der Waals surface area contributed by atoms with Crippen LogP contribution < -0.4 is 0 Å². The Morgan fingerprint density at radius 1 is 1.09 bits per heavy atom. The van der Waals surface area contributed by atoms with Gasteiger partial charge in [0.1, 0.15) is 0 Å². The molecule has 0 atom stereocenters. The van der Waals surface area contributed by atoms with Crippen molar-refractivity contribution in [1.82, 2.24) is 9.80 Å². The van der Waals surface area contributed by atoms with Gasteiger partial charge in [-0.25, -0.2) is 4.79 Å². The number of imide groups is 2. The van der Waals surface area contributed by atoms with Crippen molar-refractivity contribution in [3.8, 4) is 0 Å². The van der Waals surface area contributed by atoms with Crippen LogP contribution in [0.5, 0.6) is 0 Å². The minimum absolute atomic E-state index is 0.440. The Bertz CT molecular complexity index is 646. The average molecular weight is 320 g/mol. The van der Waals surface area contributed by atoms with Crippen molar-refractivity contribution < 1.29 is 19.2 Å². The van der Waals surface area contributed by atoms with Crippen molar-refractivity contribution in [3.05, 3.63) is 21.4 Å². The highest BCUT2D eigenvalue weighted by Crippen LogP contribution is 2.32. The minimum Gasteiger partial charge on any atom is -0.292 e. The zero-order chi connectivity index (χ0) is 16.0. The van der Waals surface area contributed by atoms with Crippen molar-refractivity contribution in [2.75, 3.05) is 14.1 Å². The third-order valence-electron chi connectivity index (χ3n) is 4.23. The van der Waals surface area contributed by atoms with Gasteiger partial charge in [0.15, 0.2) is 11.7 Å². The SMILES string of the molecule is CN1C(=O)C(C(=O)c2cc3c(s2)CCCC3)C(=O)N(C)C1=O. The Morgan fingerprint density at radius 3 is 2.27 bits per heavy atom. The van der Waals surface area contributed by atoms with Crippen LogP contribution in [0, 0.1) is 5.92 Å². The smallest absolute Gasteiger partial charge is 0.292 e. The molecule has 2 aliphatic rings. The average Bonchev–Trinajstić information content (AvgIpc) is 2.95. The second kappa shape index (κ2) is 5.31. The van der Waals surface area contributed by atoms with Crippen molar-refractivity contribution >= 4 is 35.0 Å². The van der Waals surface area contributed by atoms with Crippen LogP contribution in [0.25, 0.3) is 0 Å². The van der Waals surface area contributed by atoms with E-state index < -0.39 is 29.5 Å². The molecule has 3 rings (SSSR count). The Balaban J connectivity index is 1.93. The van der Waals surface area contributed by atoms with E-state index >= 15 is 0 Å². The predicted molar refractivity (Wildman–Crippen MR) is 79.7 cm³/mol. The van der Waals surface area contributed by atoms with Gasteiger partial charge in [-0.15, -0.1) is 11.3 Å². The molecule has 0 spiro atoms. The molecule has 0 unspecified atom stereocenters. The number of hydrogen-bond acceptors (Lipinski definition) is 5. The van der Waals surface area contributed by atoms with E-state index in [1.165, 1.54) is 30.3 Å². The first kappa shape index (κ1) is 14.9. The van der Waals surface area contributed by atoms with E-state index in [2.05, 4.69) is 0 Å². The number of barbiturate groups is 1. The number of carbonyl (C=O) groups excluding carboxylic acids is 4. The van der Waals surface area contributed by atoms with E-state index in [1.807, 2.05) is 0 Å². The molecule has 116 valence electrons. The molecule has 0 aromatic carbocycles. The first-order valence-electron chi connectivity index (χ1n) is 7.16. The highest BCUT2D eigenvalue weighted by Gasteiger charge is 2.47. The standard InChI is InChI=1S/C15H16N2O4S/c1-16-13(19)11(14(20)17(2)15(16)21)12(18)10-7-8-5-3-4-6-9(8)22-10/h7,11H,3-6H2,1-2H3. The quantitative estimate of drug-likeness (QED) is 0.611. The highest BCUT2D eigenvalue weighted by atomic mass is 32.1. The summed E-state index contributed by atoms with van der Waals surface area (Å²) >= 11 is 1.37. The second-order valence-electron chi connectivity index (χ2n) is 5.64.